The first-order valence-electron chi connectivity index (χ1n) is 5.18. The highest BCUT2D eigenvalue weighted by atomic mass is 79.9. The molecule has 106 valence electrons. The van der Waals surface area contributed by atoms with Crippen molar-refractivity contribution >= 4 is 37.3 Å². The molecule has 1 aromatic carbocycles. The van der Waals surface area contributed by atoms with Crippen molar-refractivity contribution in [3.8, 4) is 0 Å². The van der Waals surface area contributed by atoms with E-state index in [-0.39, 0.29) is 5.69 Å². The zero-order valence-corrected chi connectivity index (χ0v) is 12.2. The third-order valence-electron chi connectivity index (χ3n) is 2.32. The lowest BCUT2D eigenvalue weighted by molar-refractivity contribution is 0.553. The van der Waals surface area contributed by atoms with Crippen LogP contribution in [0, 0.1) is 11.6 Å². The Hall–Kier alpha value is -1.74. The second-order valence-corrected chi connectivity index (χ2v) is 6.24. The topological polar surface area (TPSA) is 85.1 Å². The molecule has 0 saturated heterocycles. The van der Waals surface area contributed by atoms with Crippen molar-refractivity contribution in [3.05, 3.63) is 46.7 Å². The smallest absolute Gasteiger partial charge is 0.264 e. The predicted molar refractivity (Wildman–Crippen MR) is 73.5 cm³/mol. The molecule has 2 aromatic rings. The maximum Gasteiger partial charge on any atom is 0.264 e. The molecule has 0 spiro atoms. The molecule has 1 heterocycles. The normalized spacial score (nSPS) is 11.3. The first-order valence-corrected chi connectivity index (χ1v) is 7.46. The van der Waals surface area contributed by atoms with Gasteiger partial charge in [-0.1, -0.05) is 0 Å². The van der Waals surface area contributed by atoms with Gasteiger partial charge in [0.1, 0.15) is 21.1 Å². The summed E-state index contributed by atoms with van der Waals surface area (Å²) in [6.45, 7) is 0. The maximum absolute atomic E-state index is 13.6. The first-order chi connectivity index (χ1) is 9.29. The van der Waals surface area contributed by atoms with Crippen LogP contribution in [0.1, 0.15) is 0 Å². The van der Waals surface area contributed by atoms with Crippen LogP contribution in [-0.4, -0.2) is 13.4 Å². The third-order valence-corrected chi connectivity index (χ3v) is 4.19. The number of pyridine rings is 1. The van der Waals surface area contributed by atoms with Gasteiger partial charge in [0.15, 0.2) is 0 Å². The summed E-state index contributed by atoms with van der Waals surface area (Å²) in [5.41, 5.74) is 4.92. The van der Waals surface area contributed by atoms with Crippen molar-refractivity contribution in [1.82, 2.24) is 4.98 Å². The number of nitrogens with zero attached hydrogens (tertiary/aromatic N) is 1. The van der Waals surface area contributed by atoms with Crippen LogP contribution in [-0.2, 0) is 10.0 Å². The van der Waals surface area contributed by atoms with Crippen molar-refractivity contribution < 1.29 is 17.2 Å². The van der Waals surface area contributed by atoms with E-state index in [9.17, 15) is 17.2 Å². The van der Waals surface area contributed by atoms with Gasteiger partial charge in [-0.25, -0.2) is 22.2 Å². The van der Waals surface area contributed by atoms with Gasteiger partial charge in [0.25, 0.3) is 10.0 Å². The predicted octanol–water partition coefficient (Wildman–Crippen LogP) is 2.51. The number of anilines is 2. The number of aromatic nitrogens is 1. The van der Waals surface area contributed by atoms with E-state index in [1.165, 1.54) is 18.3 Å². The van der Waals surface area contributed by atoms with Crippen molar-refractivity contribution in [2.24, 2.45) is 0 Å². The molecular weight excluding hydrogens is 356 g/mol. The molecule has 0 aliphatic rings. The van der Waals surface area contributed by atoms with E-state index in [1.807, 2.05) is 0 Å². The number of rotatable bonds is 3. The van der Waals surface area contributed by atoms with Gasteiger partial charge in [-0.2, -0.15) is 0 Å². The van der Waals surface area contributed by atoms with Crippen molar-refractivity contribution in [3.63, 3.8) is 0 Å². The summed E-state index contributed by atoms with van der Waals surface area (Å²) in [4.78, 5) is 3.09. The molecule has 2 rings (SSSR count). The van der Waals surface area contributed by atoms with Gasteiger partial charge in [0.2, 0.25) is 0 Å². The second kappa shape index (κ2) is 5.33. The third kappa shape index (κ3) is 3.05. The first kappa shape index (κ1) is 14.7. The van der Waals surface area contributed by atoms with Crippen LogP contribution in [0.4, 0.5) is 20.2 Å². The van der Waals surface area contributed by atoms with Crippen LogP contribution in [0.5, 0.6) is 0 Å². The minimum Gasteiger partial charge on any atom is -0.396 e. The maximum atomic E-state index is 13.6. The van der Waals surface area contributed by atoms with E-state index in [4.69, 9.17) is 5.73 Å². The highest BCUT2D eigenvalue weighted by molar-refractivity contribution is 9.10. The molecule has 0 unspecified atom stereocenters. The van der Waals surface area contributed by atoms with Crippen LogP contribution < -0.4 is 10.5 Å². The number of nitrogen functional groups attached to an aromatic ring is 1. The lowest BCUT2D eigenvalue weighted by Gasteiger charge is -2.09. The Labute approximate surface area is 122 Å². The average molecular weight is 364 g/mol. The minimum absolute atomic E-state index is 0.135. The summed E-state index contributed by atoms with van der Waals surface area (Å²) >= 11 is 3.09. The molecular formula is C11H8BrF2N3O2S. The van der Waals surface area contributed by atoms with Crippen molar-refractivity contribution in [2.45, 2.75) is 4.90 Å². The molecule has 0 aliphatic carbocycles. The summed E-state index contributed by atoms with van der Waals surface area (Å²) < 4.78 is 53.2. The Morgan fingerprint density at radius 3 is 2.50 bits per heavy atom. The van der Waals surface area contributed by atoms with E-state index < -0.39 is 32.2 Å². The van der Waals surface area contributed by atoms with Crippen LogP contribution in [0.25, 0.3) is 0 Å². The van der Waals surface area contributed by atoms with Crippen LogP contribution in [0.2, 0.25) is 0 Å². The average Bonchev–Trinajstić information content (AvgIpc) is 2.36. The van der Waals surface area contributed by atoms with Gasteiger partial charge < -0.3 is 5.73 Å². The molecule has 5 nitrogen and oxygen atoms in total. The van der Waals surface area contributed by atoms with Gasteiger partial charge in [-0.05, 0) is 34.1 Å². The Bertz CT molecular complexity index is 751. The fourth-order valence-electron chi connectivity index (χ4n) is 1.40. The van der Waals surface area contributed by atoms with Crippen LogP contribution >= 0.6 is 15.9 Å². The fourth-order valence-corrected chi connectivity index (χ4v) is 2.77. The number of nitrogens with two attached hydrogens (primary N) is 1. The molecule has 1 aromatic heterocycles. The van der Waals surface area contributed by atoms with E-state index in [2.05, 4.69) is 25.6 Å². The Kier molecular flexibility index (Phi) is 3.91. The van der Waals surface area contributed by atoms with Gasteiger partial charge in [-0.15, -0.1) is 0 Å². The SMILES string of the molecule is Nc1cc(S(=O)(=O)Nc2ccc(Br)nc2)c(F)cc1F. The number of benzene rings is 1. The molecule has 0 amide bonds. The highest BCUT2D eigenvalue weighted by Gasteiger charge is 2.21. The monoisotopic (exact) mass is 363 g/mol. The molecule has 0 saturated carbocycles. The van der Waals surface area contributed by atoms with Crippen molar-refractivity contribution in [2.75, 3.05) is 10.5 Å². The molecule has 0 aliphatic heterocycles. The Morgan fingerprint density at radius 2 is 1.90 bits per heavy atom. The fraction of sp³-hybridized carbons (Fsp3) is 0. The molecule has 0 radical (unpaired) electrons. The lowest BCUT2D eigenvalue weighted by atomic mass is 10.3. The van der Waals surface area contributed by atoms with E-state index in [1.54, 1.807) is 0 Å². The zero-order valence-electron chi connectivity index (χ0n) is 9.77. The highest BCUT2D eigenvalue weighted by Crippen LogP contribution is 2.23. The van der Waals surface area contributed by atoms with Crippen LogP contribution in [0.15, 0.2) is 40.0 Å². The summed E-state index contributed by atoms with van der Waals surface area (Å²) in [6.07, 6.45) is 1.24. The summed E-state index contributed by atoms with van der Waals surface area (Å²) in [5, 5.41) is 0. The van der Waals surface area contributed by atoms with E-state index >= 15 is 0 Å². The van der Waals surface area contributed by atoms with Gasteiger partial charge in [0.05, 0.1) is 17.6 Å². The molecule has 9 heteroatoms. The summed E-state index contributed by atoms with van der Waals surface area (Å²) in [7, 11) is -4.22. The number of hydrogen-bond donors (Lipinski definition) is 2. The summed E-state index contributed by atoms with van der Waals surface area (Å²) in [5.74, 6) is -2.25. The van der Waals surface area contributed by atoms with Gasteiger partial charge in [-0.3, -0.25) is 4.72 Å². The van der Waals surface area contributed by atoms with Gasteiger partial charge >= 0.3 is 0 Å². The Morgan fingerprint density at radius 1 is 1.20 bits per heavy atom. The molecule has 0 fully saturated rings. The standard InChI is InChI=1S/C11H8BrF2N3O2S/c12-11-2-1-6(5-16-11)17-20(18,19)10-4-9(15)7(13)3-8(10)14/h1-5,17H,15H2. The second-order valence-electron chi connectivity index (χ2n) is 3.78. The largest absolute Gasteiger partial charge is 0.396 e. The van der Waals surface area contributed by atoms with Crippen molar-refractivity contribution in [1.29, 1.82) is 0 Å². The number of sulfonamides is 1. The Balaban J connectivity index is 2.40. The number of hydrogen-bond acceptors (Lipinski definition) is 4. The molecule has 0 atom stereocenters. The van der Waals surface area contributed by atoms with E-state index in [0.29, 0.717) is 10.7 Å². The number of nitrogens with one attached hydrogen (secondary N) is 1. The lowest BCUT2D eigenvalue weighted by Crippen LogP contribution is -2.15. The van der Waals surface area contributed by atoms with Gasteiger partial charge in [0, 0.05) is 6.07 Å². The van der Waals surface area contributed by atoms with Crippen LogP contribution in [0.3, 0.4) is 0 Å². The minimum atomic E-state index is -4.22. The summed E-state index contributed by atoms with van der Waals surface area (Å²) in [6, 6.07) is 4.08. The molecule has 20 heavy (non-hydrogen) atoms. The number of halogens is 3. The molecule has 0 bridgehead atoms. The molecule has 3 N–H and O–H groups in total. The zero-order chi connectivity index (χ0) is 14.9. The quantitative estimate of drug-likeness (QED) is 0.648. The van der Waals surface area contributed by atoms with E-state index in [0.717, 1.165) is 6.07 Å².